The van der Waals surface area contributed by atoms with Gasteiger partial charge in [-0.25, -0.2) is 0 Å². The molecule has 3 rings (SSSR count). The number of nitrogens with two attached hydrogens (primary N) is 1. The maximum Gasteiger partial charge on any atom is 0.316 e. The molecule has 0 aromatic rings. The van der Waals surface area contributed by atoms with Crippen LogP contribution in [0.1, 0.15) is 109 Å². The fourth-order valence-electron chi connectivity index (χ4n) is 4.59. The van der Waals surface area contributed by atoms with Crippen LogP contribution in [0.15, 0.2) is 0 Å². The average Bonchev–Trinajstić information content (AvgIpc) is 2.86. The minimum Gasteiger partial charge on any atom is -0.469 e. The zero-order valence-electron chi connectivity index (χ0n) is 21.8. The Kier molecular flexibility index (Phi) is 16.8. The molecule has 35 heavy (non-hydrogen) atoms. The summed E-state index contributed by atoms with van der Waals surface area (Å²) in [6.45, 7) is 0. The van der Waals surface area contributed by atoms with Crippen LogP contribution in [0.5, 0.6) is 0 Å². The number of methoxy groups -OCH3 is 2. The summed E-state index contributed by atoms with van der Waals surface area (Å²) in [4.78, 5) is 44.1. The van der Waals surface area contributed by atoms with Gasteiger partial charge in [0.2, 0.25) is 11.8 Å². The second kappa shape index (κ2) is 19.1. The van der Waals surface area contributed by atoms with Crippen molar-refractivity contribution in [2.45, 2.75) is 127 Å². The fourth-order valence-corrected chi connectivity index (χ4v) is 4.59. The van der Waals surface area contributed by atoms with Crippen molar-refractivity contribution in [3.8, 4) is 0 Å². The molecule has 0 saturated heterocycles. The summed E-state index contributed by atoms with van der Waals surface area (Å²) in [5.41, 5.74) is 5.63. The molecular weight excluding hydrogens is 450 g/mol. The van der Waals surface area contributed by atoms with Gasteiger partial charge < -0.3 is 25.8 Å². The summed E-state index contributed by atoms with van der Waals surface area (Å²) in [7, 11) is 2.43. The second-order valence-corrected chi connectivity index (χ2v) is 9.71. The Bertz CT molecular complexity index is 581. The topological polar surface area (TPSA) is 137 Å². The first kappa shape index (κ1) is 30.9. The molecule has 0 heterocycles. The summed E-state index contributed by atoms with van der Waals surface area (Å²) in [6.07, 6.45) is 17.9. The average molecular weight is 498 g/mol. The predicted molar refractivity (Wildman–Crippen MR) is 134 cm³/mol. The fraction of sp³-hybridized carbons (Fsp3) is 0.846. The van der Waals surface area contributed by atoms with Crippen molar-refractivity contribution in [2.75, 3.05) is 14.2 Å². The minimum atomic E-state index is -0.582. The van der Waals surface area contributed by atoms with Crippen LogP contribution in [-0.2, 0) is 28.7 Å². The van der Waals surface area contributed by atoms with Crippen molar-refractivity contribution in [1.29, 1.82) is 0 Å². The molecule has 3 fully saturated rings. The third kappa shape index (κ3) is 16.2. The Morgan fingerprint density at radius 1 is 0.600 bits per heavy atom. The van der Waals surface area contributed by atoms with E-state index >= 15 is 0 Å². The molecule has 0 atom stereocenters. The van der Waals surface area contributed by atoms with Crippen LogP contribution in [0, 0.1) is 0 Å². The van der Waals surface area contributed by atoms with Crippen molar-refractivity contribution < 1.29 is 28.7 Å². The van der Waals surface area contributed by atoms with Gasteiger partial charge in [0, 0.05) is 18.1 Å². The lowest BCUT2D eigenvalue weighted by Crippen LogP contribution is -2.41. The molecule has 0 bridgehead atoms. The van der Waals surface area contributed by atoms with Gasteiger partial charge in [-0.3, -0.25) is 19.2 Å². The first-order valence-electron chi connectivity index (χ1n) is 13.3. The van der Waals surface area contributed by atoms with Gasteiger partial charge in [-0.15, -0.1) is 0 Å². The van der Waals surface area contributed by atoms with Gasteiger partial charge in [0.05, 0.1) is 14.2 Å². The van der Waals surface area contributed by atoms with Crippen molar-refractivity contribution in [1.82, 2.24) is 10.6 Å². The van der Waals surface area contributed by atoms with Crippen LogP contribution >= 0.6 is 0 Å². The van der Waals surface area contributed by atoms with Gasteiger partial charge >= 0.3 is 11.9 Å². The van der Waals surface area contributed by atoms with Crippen LogP contribution in [0.2, 0.25) is 0 Å². The van der Waals surface area contributed by atoms with E-state index in [1.165, 1.54) is 84.8 Å². The zero-order chi connectivity index (χ0) is 25.9. The number of ether oxygens (including phenoxy) is 2. The van der Waals surface area contributed by atoms with E-state index < -0.39 is 11.9 Å². The lowest BCUT2D eigenvalue weighted by Gasteiger charge is -2.24. The van der Waals surface area contributed by atoms with Crippen LogP contribution in [0.4, 0.5) is 0 Å². The SMILES string of the molecule is COC(=O)CC(=O)OC.NC1CCCCC1.O=C(CC(=O)NC1CCCCC1)NC1CCCCC1. The third-order valence-corrected chi connectivity index (χ3v) is 6.66. The third-order valence-electron chi connectivity index (χ3n) is 6.66. The smallest absolute Gasteiger partial charge is 0.316 e. The first-order chi connectivity index (χ1) is 16.8. The highest BCUT2D eigenvalue weighted by molar-refractivity contribution is 5.97. The molecule has 0 spiro atoms. The van der Waals surface area contributed by atoms with Crippen molar-refractivity contribution >= 4 is 23.8 Å². The molecule has 9 heteroatoms. The summed E-state index contributed by atoms with van der Waals surface area (Å²) in [6, 6.07) is 1.13. The van der Waals surface area contributed by atoms with E-state index in [4.69, 9.17) is 5.73 Å². The summed E-state index contributed by atoms with van der Waals surface area (Å²) >= 11 is 0. The zero-order valence-corrected chi connectivity index (χ0v) is 21.8. The molecule has 202 valence electrons. The Hall–Kier alpha value is -2.16. The van der Waals surface area contributed by atoms with E-state index in [9.17, 15) is 19.2 Å². The van der Waals surface area contributed by atoms with Gasteiger partial charge in [-0.2, -0.15) is 0 Å². The molecule has 0 unspecified atom stereocenters. The lowest BCUT2D eigenvalue weighted by atomic mass is 9.95. The minimum absolute atomic E-state index is 0.00694. The van der Waals surface area contributed by atoms with Crippen molar-refractivity contribution in [3.63, 3.8) is 0 Å². The number of nitrogens with one attached hydrogen (secondary N) is 2. The Balaban J connectivity index is 0.000000316. The van der Waals surface area contributed by atoms with E-state index in [1.54, 1.807) is 0 Å². The normalized spacial score (nSPS) is 19.1. The quantitative estimate of drug-likeness (QED) is 0.378. The lowest BCUT2D eigenvalue weighted by molar-refractivity contribution is -0.151. The van der Waals surface area contributed by atoms with Crippen molar-refractivity contribution in [3.05, 3.63) is 0 Å². The molecule has 0 aromatic carbocycles. The number of carbonyl (C=O) groups is 4. The second-order valence-electron chi connectivity index (χ2n) is 9.71. The monoisotopic (exact) mass is 497 g/mol. The highest BCUT2D eigenvalue weighted by Gasteiger charge is 2.20. The van der Waals surface area contributed by atoms with Crippen LogP contribution in [0.3, 0.4) is 0 Å². The van der Waals surface area contributed by atoms with Gasteiger partial charge in [0.25, 0.3) is 0 Å². The molecule has 0 aromatic heterocycles. The number of esters is 2. The number of hydrogen-bond donors (Lipinski definition) is 3. The van der Waals surface area contributed by atoms with Gasteiger partial charge in [-0.05, 0) is 38.5 Å². The van der Waals surface area contributed by atoms with Gasteiger partial charge in [0.1, 0.15) is 12.8 Å². The summed E-state index contributed by atoms with van der Waals surface area (Å²) in [5, 5.41) is 5.97. The van der Waals surface area contributed by atoms with E-state index in [2.05, 4.69) is 20.1 Å². The number of carbonyl (C=O) groups excluding carboxylic acids is 4. The Labute approximate surface area is 210 Å². The van der Waals surface area contributed by atoms with Crippen LogP contribution in [-0.4, -0.2) is 56.1 Å². The molecule has 9 nitrogen and oxygen atoms in total. The molecule has 0 aliphatic heterocycles. The molecule has 4 N–H and O–H groups in total. The number of hydrogen-bond acceptors (Lipinski definition) is 7. The molecule has 0 radical (unpaired) electrons. The Morgan fingerprint density at radius 3 is 1.23 bits per heavy atom. The van der Waals surface area contributed by atoms with Crippen LogP contribution in [0.25, 0.3) is 0 Å². The Morgan fingerprint density at radius 2 is 0.943 bits per heavy atom. The first-order valence-corrected chi connectivity index (χ1v) is 13.3. The number of amides is 2. The summed E-state index contributed by atoms with van der Waals surface area (Å²) in [5.74, 6) is -1.39. The number of rotatable bonds is 6. The summed E-state index contributed by atoms with van der Waals surface area (Å²) < 4.78 is 8.37. The molecule has 3 aliphatic carbocycles. The van der Waals surface area contributed by atoms with Crippen molar-refractivity contribution in [2.24, 2.45) is 5.73 Å². The maximum absolute atomic E-state index is 11.8. The van der Waals surface area contributed by atoms with Gasteiger partial charge in [-0.1, -0.05) is 57.8 Å². The van der Waals surface area contributed by atoms with E-state index in [1.807, 2.05) is 0 Å². The van der Waals surface area contributed by atoms with E-state index in [0.29, 0.717) is 18.1 Å². The highest BCUT2D eigenvalue weighted by Crippen LogP contribution is 2.18. The standard InChI is InChI=1S/C15H26N2O2.C6H13N.C5H8O4/c18-14(16-12-7-3-1-4-8-12)11-15(19)17-13-9-5-2-6-10-13;7-6-4-2-1-3-5-6;1-8-4(6)3-5(7)9-2/h12-13H,1-11H2,(H,16,18)(H,17,19);6H,1-5,7H2;3H2,1-2H3. The molecular formula is C26H47N3O6. The van der Waals surface area contributed by atoms with Gasteiger partial charge in [0.15, 0.2) is 0 Å². The molecule has 3 saturated carbocycles. The van der Waals surface area contributed by atoms with Crippen LogP contribution < -0.4 is 16.4 Å². The molecule has 3 aliphatic rings. The maximum atomic E-state index is 11.8. The predicted octanol–water partition coefficient (Wildman–Crippen LogP) is 3.27. The molecule has 2 amide bonds. The van der Waals surface area contributed by atoms with E-state index in [-0.39, 0.29) is 24.7 Å². The highest BCUT2D eigenvalue weighted by atomic mass is 16.5. The largest absolute Gasteiger partial charge is 0.469 e. The van der Waals surface area contributed by atoms with E-state index in [0.717, 1.165) is 25.7 Å².